The zero-order valence-electron chi connectivity index (χ0n) is 22.0. The Morgan fingerprint density at radius 3 is 2.44 bits per heavy atom. The van der Waals surface area contributed by atoms with Crippen LogP contribution in [0, 0.1) is 6.92 Å². The summed E-state index contributed by atoms with van der Waals surface area (Å²) in [4.78, 5) is 30.8. The number of pyridine rings is 1. The lowest BCUT2D eigenvalue weighted by Crippen LogP contribution is -2.23. The summed E-state index contributed by atoms with van der Waals surface area (Å²) in [6, 6.07) is 23.8. The Bertz CT molecular complexity index is 1690. The van der Waals surface area contributed by atoms with E-state index in [9.17, 15) is 14.7 Å². The third-order valence-corrected chi connectivity index (χ3v) is 6.51. The number of para-hydroxylation sites is 1. The van der Waals surface area contributed by atoms with Gasteiger partial charge in [-0.1, -0.05) is 30.3 Å². The van der Waals surface area contributed by atoms with Crippen LogP contribution < -0.4 is 15.0 Å². The van der Waals surface area contributed by atoms with Crippen LogP contribution >= 0.6 is 0 Å². The Morgan fingerprint density at radius 1 is 1.00 bits per heavy atom. The summed E-state index contributed by atoms with van der Waals surface area (Å²) in [6.45, 7) is 3.65. The lowest BCUT2D eigenvalue weighted by Gasteiger charge is -2.11. The van der Waals surface area contributed by atoms with E-state index in [4.69, 9.17) is 9.47 Å². The van der Waals surface area contributed by atoms with Gasteiger partial charge in [0.1, 0.15) is 29.4 Å². The number of ketones is 1. The topological polar surface area (TPSA) is 95.6 Å². The molecule has 0 unspecified atom stereocenters. The number of hydrogen-bond acceptors (Lipinski definition) is 6. The summed E-state index contributed by atoms with van der Waals surface area (Å²) in [5, 5.41) is 10.3. The van der Waals surface area contributed by atoms with E-state index in [-0.39, 0.29) is 29.9 Å². The van der Waals surface area contributed by atoms with E-state index in [0.717, 1.165) is 10.9 Å². The highest BCUT2D eigenvalue weighted by Gasteiger charge is 2.22. The van der Waals surface area contributed by atoms with E-state index in [1.165, 1.54) is 4.68 Å². The van der Waals surface area contributed by atoms with Gasteiger partial charge in [-0.15, -0.1) is 0 Å². The van der Waals surface area contributed by atoms with Gasteiger partial charge < -0.3 is 14.6 Å². The first-order chi connectivity index (χ1) is 18.8. The molecule has 0 aliphatic heterocycles. The van der Waals surface area contributed by atoms with E-state index in [0.29, 0.717) is 34.1 Å². The predicted molar refractivity (Wildman–Crippen MR) is 149 cm³/mol. The van der Waals surface area contributed by atoms with Gasteiger partial charge in [-0.25, -0.2) is 4.68 Å². The number of nitrogens with zero attached hydrogens (tertiary/aromatic N) is 3. The second-order valence-electron chi connectivity index (χ2n) is 9.43. The molecule has 2 aromatic heterocycles. The van der Waals surface area contributed by atoms with Crippen LogP contribution in [0.1, 0.15) is 28.5 Å². The maximum Gasteiger partial charge on any atom is 0.282 e. The molecule has 0 aliphatic rings. The van der Waals surface area contributed by atoms with Crippen molar-refractivity contribution >= 4 is 16.7 Å². The minimum atomic E-state index is -0.564. The van der Waals surface area contributed by atoms with Crippen LogP contribution in [0.2, 0.25) is 0 Å². The molecule has 0 fully saturated rings. The van der Waals surface area contributed by atoms with Crippen molar-refractivity contribution in [2.45, 2.75) is 26.4 Å². The zero-order valence-corrected chi connectivity index (χ0v) is 22.0. The van der Waals surface area contributed by atoms with Gasteiger partial charge in [-0.05, 0) is 61.9 Å². The number of hydrogen-bond donors (Lipinski definition) is 1. The van der Waals surface area contributed by atoms with Crippen molar-refractivity contribution in [2.75, 3.05) is 6.61 Å². The fourth-order valence-electron chi connectivity index (χ4n) is 4.46. The van der Waals surface area contributed by atoms with Gasteiger partial charge in [0.2, 0.25) is 0 Å². The third kappa shape index (κ3) is 5.46. The van der Waals surface area contributed by atoms with Gasteiger partial charge in [-0.3, -0.25) is 19.3 Å². The molecule has 8 nitrogen and oxygen atoms in total. The SMILES string of the molecule is Cc1c(C(=O)Cc2ccc(Oc3ccnc4cc(OC[C@@H](C)O)ccc34)cc2)c(=O)n(-c2ccccc2)n1C. The lowest BCUT2D eigenvalue weighted by molar-refractivity contribution is 0.0991. The number of Topliss-reactive ketones (excluding diaryl/α,β-unsaturated/α-hetero) is 1. The van der Waals surface area contributed by atoms with E-state index in [1.807, 2.05) is 54.6 Å². The first-order valence-electron chi connectivity index (χ1n) is 12.7. The van der Waals surface area contributed by atoms with Gasteiger partial charge in [0.15, 0.2) is 5.78 Å². The Labute approximate surface area is 225 Å². The molecule has 0 amide bonds. The first kappa shape index (κ1) is 25.9. The molecular formula is C31H29N3O5. The molecule has 1 atom stereocenters. The Hall–Kier alpha value is -4.69. The van der Waals surface area contributed by atoms with E-state index in [1.54, 1.807) is 56.0 Å². The van der Waals surface area contributed by atoms with E-state index >= 15 is 0 Å². The Balaban J connectivity index is 1.32. The average molecular weight is 524 g/mol. The quantitative estimate of drug-likeness (QED) is 0.273. The van der Waals surface area contributed by atoms with Gasteiger partial charge in [0, 0.05) is 36.8 Å². The zero-order chi connectivity index (χ0) is 27.5. The van der Waals surface area contributed by atoms with Crippen LogP contribution in [0.25, 0.3) is 16.6 Å². The molecule has 5 aromatic rings. The van der Waals surface area contributed by atoms with Crippen molar-refractivity contribution < 1.29 is 19.4 Å². The van der Waals surface area contributed by atoms with Crippen molar-refractivity contribution in [1.29, 1.82) is 0 Å². The Morgan fingerprint density at radius 2 is 1.72 bits per heavy atom. The normalized spacial score (nSPS) is 11.9. The van der Waals surface area contributed by atoms with Gasteiger partial charge in [0.25, 0.3) is 5.56 Å². The molecule has 198 valence electrons. The van der Waals surface area contributed by atoms with Gasteiger partial charge in [0.05, 0.1) is 17.3 Å². The second-order valence-corrected chi connectivity index (χ2v) is 9.43. The molecule has 5 rings (SSSR count). The number of aliphatic hydroxyl groups excluding tert-OH is 1. The highest BCUT2D eigenvalue weighted by atomic mass is 16.5. The molecule has 2 heterocycles. The number of carbonyl (C=O) groups is 1. The molecule has 0 bridgehead atoms. The minimum absolute atomic E-state index is 0.0998. The molecule has 3 aromatic carbocycles. The van der Waals surface area contributed by atoms with Crippen LogP contribution in [-0.2, 0) is 13.5 Å². The van der Waals surface area contributed by atoms with Gasteiger partial charge in [-0.2, -0.15) is 0 Å². The summed E-state index contributed by atoms with van der Waals surface area (Å²) < 4.78 is 14.9. The van der Waals surface area contributed by atoms with Crippen LogP contribution in [0.5, 0.6) is 17.2 Å². The second kappa shape index (κ2) is 11.0. The van der Waals surface area contributed by atoms with E-state index in [2.05, 4.69) is 4.98 Å². The minimum Gasteiger partial charge on any atom is -0.491 e. The molecule has 0 saturated heterocycles. The number of aromatic nitrogens is 3. The lowest BCUT2D eigenvalue weighted by atomic mass is 10.0. The summed E-state index contributed by atoms with van der Waals surface area (Å²) in [5.74, 6) is 1.62. The molecule has 39 heavy (non-hydrogen) atoms. The molecular weight excluding hydrogens is 494 g/mol. The summed E-state index contributed by atoms with van der Waals surface area (Å²) in [7, 11) is 1.78. The van der Waals surface area contributed by atoms with Crippen molar-refractivity contribution in [2.24, 2.45) is 7.05 Å². The molecule has 0 spiro atoms. The van der Waals surface area contributed by atoms with Crippen molar-refractivity contribution in [3.63, 3.8) is 0 Å². The van der Waals surface area contributed by atoms with Crippen molar-refractivity contribution in [1.82, 2.24) is 14.3 Å². The first-order valence-corrected chi connectivity index (χ1v) is 12.7. The monoisotopic (exact) mass is 523 g/mol. The number of carbonyl (C=O) groups excluding carboxylic acids is 1. The van der Waals surface area contributed by atoms with Crippen LogP contribution in [0.4, 0.5) is 0 Å². The number of rotatable bonds is 9. The number of ether oxygens (including phenoxy) is 2. The third-order valence-electron chi connectivity index (χ3n) is 6.51. The largest absolute Gasteiger partial charge is 0.491 e. The summed E-state index contributed by atoms with van der Waals surface area (Å²) in [6.07, 6.45) is 1.20. The smallest absolute Gasteiger partial charge is 0.282 e. The highest BCUT2D eigenvalue weighted by Crippen LogP contribution is 2.31. The highest BCUT2D eigenvalue weighted by molar-refractivity contribution is 5.98. The molecule has 0 saturated carbocycles. The van der Waals surface area contributed by atoms with Crippen LogP contribution in [0.3, 0.4) is 0 Å². The summed E-state index contributed by atoms with van der Waals surface area (Å²) in [5.41, 5.74) is 2.69. The molecule has 8 heteroatoms. The van der Waals surface area contributed by atoms with Crippen molar-refractivity contribution in [3.8, 4) is 22.9 Å². The standard InChI is InChI=1S/C31H29N3O5/c1-20(35)19-38-25-13-14-26-27(18-25)32-16-15-29(26)39-24-11-9-22(10-12-24)17-28(36)30-21(2)33(3)34(31(30)37)23-7-5-4-6-8-23/h4-16,18,20,35H,17,19H2,1-3H3/t20-/m1/s1. The maximum absolute atomic E-state index is 13.2. The fourth-order valence-corrected chi connectivity index (χ4v) is 4.46. The molecule has 1 N–H and O–H groups in total. The average Bonchev–Trinajstić information content (AvgIpc) is 3.16. The summed E-state index contributed by atoms with van der Waals surface area (Å²) >= 11 is 0. The maximum atomic E-state index is 13.2. The predicted octanol–water partition coefficient (Wildman–Crippen LogP) is 5.01. The number of fused-ring (bicyclic) bond motifs is 1. The van der Waals surface area contributed by atoms with Crippen LogP contribution in [0.15, 0.2) is 89.9 Å². The number of benzene rings is 3. The molecule has 0 aliphatic carbocycles. The van der Waals surface area contributed by atoms with Gasteiger partial charge >= 0.3 is 0 Å². The number of aliphatic hydroxyl groups is 1. The van der Waals surface area contributed by atoms with E-state index < -0.39 is 6.10 Å². The van der Waals surface area contributed by atoms with Crippen molar-refractivity contribution in [3.05, 3.63) is 112 Å². The van der Waals surface area contributed by atoms with Crippen LogP contribution in [-0.4, -0.2) is 37.9 Å². The Kier molecular flexibility index (Phi) is 7.29. The fraction of sp³-hybridized carbons (Fsp3) is 0.194. The molecule has 0 radical (unpaired) electrons.